The monoisotopic (exact) mass is 204 g/mol. The first-order valence-electron chi connectivity index (χ1n) is 5.54. The van der Waals surface area contributed by atoms with Gasteiger partial charge in [0.25, 0.3) is 0 Å². The number of hydrogen-bond acceptors (Lipinski definition) is 3. The Balaban J connectivity index is 1.89. The van der Waals surface area contributed by atoms with Gasteiger partial charge in [-0.3, -0.25) is 5.41 Å². The Morgan fingerprint density at radius 1 is 1.13 bits per heavy atom. The van der Waals surface area contributed by atoms with Gasteiger partial charge in [-0.05, 0) is 37.8 Å². The third-order valence-electron chi connectivity index (χ3n) is 2.76. The smallest absolute Gasteiger partial charge is 0.127 e. The molecule has 0 atom stereocenters. The topological polar surface area (TPSA) is 45.4 Å². The van der Waals surface area contributed by atoms with Crippen molar-refractivity contribution in [3.63, 3.8) is 0 Å². The third kappa shape index (κ3) is 2.78. The van der Waals surface area contributed by atoms with Crippen molar-refractivity contribution in [2.24, 2.45) is 5.16 Å². The Morgan fingerprint density at radius 3 is 2.60 bits per heavy atom. The predicted octanol–water partition coefficient (Wildman–Crippen LogP) is 2.84. The Labute approximate surface area is 90.0 Å². The molecule has 0 saturated heterocycles. The van der Waals surface area contributed by atoms with Gasteiger partial charge < -0.3 is 4.84 Å². The van der Waals surface area contributed by atoms with Crippen molar-refractivity contribution in [2.75, 3.05) is 0 Å². The average molecular weight is 204 g/mol. The molecule has 15 heavy (non-hydrogen) atoms. The summed E-state index contributed by atoms with van der Waals surface area (Å²) in [4.78, 5) is 5.45. The molecule has 0 spiro atoms. The second-order valence-electron chi connectivity index (χ2n) is 3.97. The Hall–Kier alpha value is -1.38. The predicted molar refractivity (Wildman–Crippen MR) is 61.4 cm³/mol. The molecule has 3 heteroatoms. The van der Waals surface area contributed by atoms with Gasteiger partial charge in [-0.15, -0.1) is 0 Å². The van der Waals surface area contributed by atoms with E-state index in [1.165, 1.54) is 19.3 Å². The van der Waals surface area contributed by atoms with Crippen LogP contribution in [0.5, 0.6) is 0 Å². The molecule has 0 aromatic carbocycles. The molecule has 0 unspecified atom stereocenters. The van der Waals surface area contributed by atoms with Crippen LogP contribution in [0.2, 0.25) is 0 Å². The molecular formula is C12H16N2O. The highest BCUT2D eigenvalue weighted by molar-refractivity contribution is 6.49. The number of hydrogen-bond donors (Lipinski definition) is 1. The van der Waals surface area contributed by atoms with E-state index >= 15 is 0 Å². The first-order valence-corrected chi connectivity index (χ1v) is 5.54. The van der Waals surface area contributed by atoms with Crippen LogP contribution in [-0.2, 0) is 4.84 Å². The number of nitrogens with zero attached hydrogens (tertiary/aromatic N) is 1. The van der Waals surface area contributed by atoms with E-state index in [-0.39, 0.29) is 6.10 Å². The minimum absolute atomic E-state index is 0.262. The molecule has 0 amide bonds. The Kier molecular flexibility index (Phi) is 3.33. The van der Waals surface area contributed by atoms with E-state index in [9.17, 15) is 0 Å². The molecule has 0 aromatic heterocycles. The summed E-state index contributed by atoms with van der Waals surface area (Å²) in [6, 6.07) is 0. The highest BCUT2D eigenvalue weighted by atomic mass is 16.6. The van der Waals surface area contributed by atoms with Gasteiger partial charge >= 0.3 is 0 Å². The van der Waals surface area contributed by atoms with Gasteiger partial charge in [-0.25, -0.2) is 0 Å². The minimum atomic E-state index is 0.262. The first kappa shape index (κ1) is 10.1. The van der Waals surface area contributed by atoms with Crippen LogP contribution < -0.4 is 0 Å². The number of nitrogens with one attached hydrogen (secondary N) is 1. The Morgan fingerprint density at radius 2 is 1.87 bits per heavy atom. The first-order chi connectivity index (χ1) is 7.36. The average Bonchev–Trinajstić information content (AvgIpc) is 2.29. The third-order valence-corrected chi connectivity index (χ3v) is 2.76. The summed E-state index contributed by atoms with van der Waals surface area (Å²) in [5, 5.41) is 11.7. The molecule has 0 heterocycles. The normalized spacial score (nSPS) is 24.8. The summed E-state index contributed by atoms with van der Waals surface area (Å²) in [5.74, 6) is 0. The SMILES string of the molecule is N=C1C=CC=CC1=NOC1CCCCC1. The standard InChI is InChI=1S/C12H16N2O/c13-11-8-4-5-9-12(11)14-15-10-6-2-1-3-7-10/h4-5,8-10,13H,1-3,6-7H2. The van der Waals surface area contributed by atoms with E-state index in [0.717, 1.165) is 12.8 Å². The van der Waals surface area contributed by atoms with Gasteiger partial charge in [0.05, 0.1) is 5.71 Å². The molecule has 0 radical (unpaired) electrons. The fourth-order valence-corrected chi connectivity index (χ4v) is 1.86. The second-order valence-corrected chi connectivity index (χ2v) is 3.97. The largest absolute Gasteiger partial charge is 0.392 e. The van der Waals surface area contributed by atoms with Crippen LogP contribution in [0.25, 0.3) is 0 Å². The molecule has 80 valence electrons. The lowest BCUT2D eigenvalue weighted by molar-refractivity contribution is 0.0335. The van der Waals surface area contributed by atoms with E-state index < -0.39 is 0 Å². The number of oxime groups is 1. The molecule has 0 bridgehead atoms. The van der Waals surface area contributed by atoms with Gasteiger partial charge in [0.2, 0.25) is 0 Å². The van der Waals surface area contributed by atoms with Crippen molar-refractivity contribution >= 4 is 11.4 Å². The number of allylic oxidation sites excluding steroid dienone is 4. The van der Waals surface area contributed by atoms with Gasteiger partial charge in [0.1, 0.15) is 11.8 Å². The quantitative estimate of drug-likeness (QED) is 0.545. The molecule has 2 aliphatic rings. The number of rotatable bonds is 2. The summed E-state index contributed by atoms with van der Waals surface area (Å²) in [7, 11) is 0. The van der Waals surface area contributed by atoms with Crippen molar-refractivity contribution in [1.29, 1.82) is 5.41 Å². The van der Waals surface area contributed by atoms with Crippen LogP contribution >= 0.6 is 0 Å². The highest BCUT2D eigenvalue weighted by Gasteiger charge is 2.14. The molecular weight excluding hydrogens is 188 g/mol. The lowest BCUT2D eigenvalue weighted by atomic mass is 9.98. The van der Waals surface area contributed by atoms with Crippen LogP contribution in [0, 0.1) is 5.41 Å². The molecule has 1 fully saturated rings. The van der Waals surface area contributed by atoms with Crippen molar-refractivity contribution in [2.45, 2.75) is 38.2 Å². The molecule has 3 nitrogen and oxygen atoms in total. The fraction of sp³-hybridized carbons (Fsp3) is 0.500. The maximum Gasteiger partial charge on any atom is 0.127 e. The lowest BCUT2D eigenvalue weighted by Gasteiger charge is -2.19. The van der Waals surface area contributed by atoms with Crippen LogP contribution in [-0.4, -0.2) is 17.5 Å². The van der Waals surface area contributed by atoms with Gasteiger partial charge in [0.15, 0.2) is 0 Å². The zero-order valence-corrected chi connectivity index (χ0v) is 8.78. The van der Waals surface area contributed by atoms with E-state index in [0.29, 0.717) is 11.4 Å². The summed E-state index contributed by atoms with van der Waals surface area (Å²) in [6.45, 7) is 0. The maximum atomic E-state index is 7.61. The minimum Gasteiger partial charge on any atom is -0.392 e. The maximum absolute atomic E-state index is 7.61. The van der Waals surface area contributed by atoms with Crippen LogP contribution in [0.3, 0.4) is 0 Å². The van der Waals surface area contributed by atoms with Gasteiger partial charge in [0, 0.05) is 0 Å². The summed E-state index contributed by atoms with van der Waals surface area (Å²) >= 11 is 0. The second kappa shape index (κ2) is 4.91. The molecule has 2 aliphatic carbocycles. The van der Waals surface area contributed by atoms with Crippen molar-refractivity contribution in [3.8, 4) is 0 Å². The lowest BCUT2D eigenvalue weighted by Crippen LogP contribution is -2.17. The van der Waals surface area contributed by atoms with Crippen molar-refractivity contribution in [1.82, 2.24) is 0 Å². The zero-order valence-electron chi connectivity index (χ0n) is 8.78. The molecule has 1 N–H and O–H groups in total. The molecule has 2 rings (SSSR count). The van der Waals surface area contributed by atoms with Gasteiger partial charge in [-0.1, -0.05) is 23.7 Å². The van der Waals surface area contributed by atoms with Crippen LogP contribution in [0.4, 0.5) is 0 Å². The zero-order chi connectivity index (χ0) is 10.5. The molecule has 1 saturated carbocycles. The Bertz CT molecular complexity index is 323. The van der Waals surface area contributed by atoms with Crippen LogP contribution in [0.1, 0.15) is 32.1 Å². The van der Waals surface area contributed by atoms with Crippen molar-refractivity contribution < 1.29 is 4.84 Å². The van der Waals surface area contributed by atoms with Gasteiger partial charge in [-0.2, -0.15) is 0 Å². The van der Waals surface area contributed by atoms with Crippen molar-refractivity contribution in [3.05, 3.63) is 24.3 Å². The summed E-state index contributed by atoms with van der Waals surface area (Å²) in [5.41, 5.74) is 1.05. The summed E-state index contributed by atoms with van der Waals surface area (Å²) in [6.07, 6.45) is 13.5. The van der Waals surface area contributed by atoms with E-state index in [1.54, 1.807) is 6.08 Å². The highest BCUT2D eigenvalue weighted by Crippen LogP contribution is 2.20. The molecule has 0 aromatic rings. The van der Waals surface area contributed by atoms with E-state index in [1.807, 2.05) is 18.2 Å². The summed E-state index contributed by atoms with van der Waals surface area (Å²) < 4.78 is 0. The van der Waals surface area contributed by atoms with E-state index in [4.69, 9.17) is 10.2 Å². The van der Waals surface area contributed by atoms with Crippen LogP contribution in [0.15, 0.2) is 29.5 Å². The fourth-order valence-electron chi connectivity index (χ4n) is 1.86. The molecule has 0 aliphatic heterocycles. The van der Waals surface area contributed by atoms with E-state index in [2.05, 4.69) is 5.16 Å².